The number of aromatic nitrogens is 1. The molecule has 7 nitrogen and oxygen atoms in total. The quantitative estimate of drug-likeness (QED) is 0.355. The van der Waals surface area contributed by atoms with E-state index in [0.717, 1.165) is 33.5 Å². The van der Waals surface area contributed by atoms with Crippen molar-refractivity contribution in [2.45, 2.75) is 19.4 Å². The van der Waals surface area contributed by atoms with Gasteiger partial charge in [0.1, 0.15) is 11.6 Å². The number of rotatable bonds is 5. The summed E-state index contributed by atoms with van der Waals surface area (Å²) in [5, 5.41) is 3.92. The third-order valence-electron chi connectivity index (χ3n) is 6.44. The van der Waals surface area contributed by atoms with E-state index in [9.17, 15) is 14.0 Å². The van der Waals surface area contributed by atoms with E-state index < -0.39 is 12.0 Å². The van der Waals surface area contributed by atoms with Gasteiger partial charge in [-0.3, -0.25) is 0 Å². The Bertz CT molecular complexity index is 1430. The highest BCUT2D eigenvalue weighted by atomic mass is 19.1. The summed E-state index contributed by atoms with van der Waals surface area (Å²) < 4.78 is 24.3. The predicted octanol–water partition coefficient (Wildman–Crippen LogP) is 5.67. The summed E-state index contributed by atoms with van der Waals surface area (Å²) in [7, 11) is 1.63. The van der Waals surface area contributed by atoms with E-state index in [4.69, 9.17) is 9.47 Å². The molecule has 36 heavy (non-hydrogen) atoms. The Labute approximate surface area is 207 Å². The number of amides is 2. The van der Waals surface area contributed by atoms with E-state index in [-0.39, 0.29) is 24.0 Å². The molecule has 0 radical (unpaired) electrons. The van der Waals surface area contributed by atoms with E-state index >= 15 is 0 Å². The summed E-state index contributed by atoms with van der Waals surface area (Å²) in [5.41, 5.74) is 4.30. The molecule has 2 N–H and O–H groups in total. The Balaban J connectivity index is 1.55. The molecule has 2 heterocycles. The molecule has 5 rings (SSSR count). The first-order valence-corrected chi connectivity index (χ1v) is 11.8. The van der Waals surface area contributed by atoms with Crippen LogP contribution < -0.4 is 10.1 Å². The molecule has 0 unspecified atom stereocenters. The number of fused-ring (bicyclic) bond motifs is 3. The SMILES string of the molecule is CCOC(=O)c1ccccc1NC(=O)N1CCc2c([nH]c3ccc(OC)cc23)[C@@H]1c1ccc(F)cc1. The number of anilines is 1. The van der Waals surface area contributed by atoms with Gasteiger partial charge < -0.3 is 24.7 Å². The van der Waals surface area contributed by atoms with Crippen molar-refractivity contribution in [1.29, 1.82) is 0 Å². The zero-order valence-corrected chi connectivity index (χ0v) is 20.0. The van der Waals surface area contributed by atoms with Crippen LogP contribution in [0.5, 0.6) is 5.75 Å². The van der Waals surface area contributed by atoms with Gasteiger partial charge in [-0.1, -0.05) is 24.3 Å². The second-order valence-corrected chi connectivity index (χ2v) is 8.52. The zero-order chi connectivity index (χ0) is 25.2. The molecule has 3 aromatic carbocycles. The summed E-state index contributed by atoms with van der Waals surface area (Å²) in [6, 6.07) is 17.9. The molecule has 8 heteroatoms. The molecule has 184 valence electrons. The number of hydrogen-bond donors (Lipinski definition) is 2. The minimum atomic E-state index is -0.506. The van der Waals surface area contributed by atoms with Crippen LogP contribution in [0, 0.1) is 5.82 Å². The number of para-hydroxylation sites is 1. The van der Waals surface area contributed by atoms with Crippen molar-refractivity contribution < 1.29 is 23.5 Å². The molecule has 0 fully saturated rings. The number of nitrogens with one attached hydrogen (secondary N) is 2. The number of carbonyl (C=O) groups excluding carboxylic acids is 2. The number of carbonyl (C=O) groups is 2. The molecular formula is C28H26FN3O4. The number of benzene rings is 3. The second-order valence-electron chi connectivity index (χ2n) is 8.52. The number of H-pyrrole nitrogens is 1. The molecule has 1 aliphatic rings. The highest BCUT2D eigenvalue weighted by molar-refractivity contribution is 6.01. The minimum Gasteiger partial charge on any atom is -0.497 e. The van der Waals surface area contributed by atoms with Gasteiger partial charge in [-0.2, -0.15) is 0 Å². The third kappa shape index (κ3) is 4.26. The average molecular weight is 488 g/mol. The second kappa shape index (κ2) is 9.73. The maximum absolute atomic E-state index is 13.8. The van der Waals surface area contributed by atoms with Crippen LogP contribution in [0.3, 0.4) is 0 Å². The number of halogens is 1. The van der Waals surface area contributed by atoms with Crippen LogP contribution in [0.25, 0.3) is 10.9 Å². The average Bonchev–Trinajstić information content (AvgIpc) is 3.27. The summed E-state index contributed by atoms with van der Waals surface area (Å²) in [4.78, 5) is 31.2. The van der Waals surface area contributed by atoms with Crippen molar-refractivity contribution in [3.05, 3.63) is 94.9 Å². The molecule has 1 aromatic heterocycles. The predicted molar refractivity (Wildman–Crippen MR) is 135 cm³/mol. The van der Waals surface area contributed by atoms with Crippen molar-refractivity contribution in [2.75, 3.05) is 25.6 Å². The third-order valence-corrected chi connectivity index (χ3v) is 6.44. The van der Waals surface area contributed by atoms with Crippen molar-refractivity contribution >= 4 is 28.6 Å². The fraction of sp³-hybridized carbons (Fsp3) is 0.214. The lowest BCUT2D eigenvalue weighted by Gasteiger charge is -2.36. The fourth-order valence-corrected chi connectivity index (χ4v) is 4.77. The van der Waals surface area contributed by atoms with Gasteiger partial charge in [0.15, 0.2) is 0 Å². The van der Waals surface area contributed by atoms with Crippen molar-refractivity contribution in [3.63, 3.8) is 0 Å². The molecule has 2 amide bonds. The molecular weight excluding hydrogens is 461 g/mol. The lowest BCUT2D eigenvalue weighted by Crippen LogP contribution is -2.43. The molecule has 0 saturated carbocycles. The van der Waals surface area contributed by atoms with Crippen LogP contribution in [-0.4, -0.2) is 42.1 Å². The van der Waals surface area contributed by atoms with Crippen LogP contribution >= 0.6 is 0 Å². The van der Waals surface area contributed by atoms with Gasteiger partial charge >= 0.3 is 12.0 Å². The van der Waals surface area contributed by atoms with E-state index in [1.807, 2.05) is 18.2 Å². The van der Waals surface area contributed by atoms with E-state index in [2.05, 4.69) is 10.3 Å². The number of urea groups is 1. The summed E-state index contributed by atoms with van der Waals surface area (Å²) in [6.07, 6.45) is 0.618. The van der Waals surface area contributed by atoms with Gasteiger partial charge in [0.25, 0.3) is 0 Å². The topological polar surface area (TPSA) is 83.7 Å². The highest BCUT2D eigenvalue weighted by Crippen LogP contribution is 2.39. The number of hydrogen-bond acceptors (Lipinski definition) is 4. The highest BCUT2D eigenvalue weighted by Gasteiger charge is 2.35. The van der Waals surface area contributed by atoms with Crippen LogP contribution in [0.1, 0.15) is 40.1 Å². The molecule has 0 saturated heterocycles. The molecule has 1 aliphatic heterocycles. The van der Waals surface area contributed by atoms with Crippen LogP contribution in [-0.2, 0) is 11.2 Å². The normalized spacial score (nSPS) is 14.9. The number of aromatic amines is 1. The summed E-state index contributed by atoms with van der Waals surface area (Å²) >= 11 is 0. The zero-order valence-electron chi connectivity index (χ0n) is 20.0. The number of methoxy groups -OCH3 is 1. The van der Waals surface area contributed by atoms with E-state index in [0.29, 0.717) is 18.7 Å². The minimum absolute atomic E-state index is 0.230. The summed E-state index contributed by atoms with van der Waals surface area (Å²) in [6.45, 7) is 2.38. The molecule has 4 aromatic rings. The van der Waals surface area contributed by atoms with Crippen LogP contribution in [0.15, 0.2) is 66.7 Å². The standard InChI is InChI=1S/C28H26FN3O4/c1-3-36-27(33)21-6-4-5-7-23(21)31-28(34)32-15-14-20-22-16-19(35-2)12-13-24(22)30-25(20)26(32)17-8-10-18(29)11-9-17/h4-13,16,26,30H,3,14-15H2,1-2H3,(H,31,34)/t26-/m0/s1. The van der Waals surface area contributed by atoms with Crippen molar-refractivity contribution in [1.82, 2.24) is 9.88 Å². The summed E-state index contributed by atoms with van der Waals surface area (Å²) in [5.74, 6) is -0.108. The number of esters is 1. The Morgan fingerprint density at radius 3 is 2.64 bits per heavy atom. The Hall–Kier alpha value is -4.33. The maximum Gasteiger partial charge on any atom is 0.340 e. The smallest absolute Gasteiger partial charge is 0.340 e. The van der Waals surface area contributed by atoms with Gasteiger partial charge in [0.2, 0.25) is 0 Å². The van der Waals surface area contributed by atoms with Gasteiger partial charge in [-0.25, -0.2) is 14.0 Å². The van der Waals surface area contributed by atoms with Crippen LogP contribution in [0.4, 0.5) is 14.9 Å². The first-order chi connectivity index (χ1) is 17.5. The van der Waals surface area contributed by atoms with Gasteiger partial charge in [0.05, 0.1) is 31.0 Å². The number of ether oxygens (including phenoxy) is 2. The maximum atomic E-state index is 13.8. The van der Waals surface area contributed by atoms with Gasteiger partial charge in [-0.15, -0.1) is 0 Å². The lowest BCUT2D eigenvalue weighted by molar-refractivity contribution is 0.0527. The molecule has 0 aliphatic carbocycles. The van der Waals surface area contributed by atoms with Crippen LogP contribution in [0.2, 0.25) is 0 Å². The largest absolute Gasteiger partial charge is 0.497 e. The Kier molecular flexibility index (Phi) is 6.33. The van der Waals surface area contributed by atoms with Gasteiger partial charge in [-0.05, 0) is 66.9 Å². The van der Waals surface area contributed by atoms with E-state index in [1.165, 1.54) is 12.1 Å². The Morgan fingerprint density at radius 1 is 1.11 bits per heavy atom. The molecule has 0 spiro atoms. The monoisotopic (exact) mass is 487 g/mol. The van der Waals surface area contributed by atoms with Crippen molar-refractivity contribution in [3.8, 4) is 5.75 Å². The first-order valence-electron chi connectivity index (χ1n) is 11.8. The van der Waals surface area contributed by atoms with E-state index in [1.54, 1.807) is 55.3 Å². The molecule has 1 atom stereocenters. The lowest BCUT2D eigenvalue weighted by atomic mass is 9.92. The first kappa shape index (κ1) is 23.4. The fourth-order valence-electron chi connectivity index (χ4n) is 4.77. The number of nitrogens with zero attached hydrogens (tertiary/aromatic N) is 1. The van der Waals surface area contributed by atoms with Gasteiger partial charge in [0, 0.05) is 23.1 Å². The van der Waals surface area contributed by atoms with Crippen molar-refractivity contribution in [2.24, 2.45) is 0 Å². The Morgan fingerprint density at radius 2 is 1.89 bits per heavy atom. The molecule has 0 bridgehead atoms.